The van der Waals surface area contributed by atoms with Gasteiger partial charge in [0.25, 0.3) is 0 Å². The Morgan fingerprint density at radius 2 is 2.14 bits per heavy atom. The molecule has 0 radical (unpaired) electrons. The maximum Gasteiger partial charge on any atom is 0.0925 e. The molecular formula is C11H19N2P. The van der Waals surface area contributed by atoms with Crippen LogP contribution >= 0.6 is 9.24 Å². The molecule has 1 heterocycles. The zero-order valence-electron chi connectivity index (χ0n) is 9.41. The highest BCUT2D eigenvalue weighted by Gasteiger charge is 1.99. The van der Waals surface area contributed by atoms with Gasteiger partial charge in [0.1, 0.15) is 0 Å². The van der Waals surface area contributed by atoms with Crippen molar-refractivity contribution in [2.45, 2.75) is 20.8 Å². The molecule has 1 atom stereocenters. The van der Waals surface area contributed by atoms with Gasteiger partial charge in [-0.05, 0) is 13.0 Å². The second-order valence-electron chi connectivity index (χ2n) is 2.74. The van der Waals surface area contributed by atoms with E-state index in [1.54, 1.807) is 4.68 Å². The Bertz CT molecular complexity index is 320. The van der Waals surface area contributed by atoms with Gasteiger partial charge in [0, 0.05) is 18.8 Å². The molecule has 0 saturated carbocycles. The number of rotatable bonds is 2. The van der Waals surface area contributed by atoms with E-state index in [1.807, 2.05) is 46.2 Å². The van der Waals surface area contributed by atoms with E-state index < -0.39 is 0 Å². The van der Waals surface area contributed by atoms with Gasteiger partial charge < -0.3 is 0 Å². The predicted molar refractivity (Wildman–Crippen MR) is 68.0 cm³/mol. The van der Waals surface area contributed by atoms with Crippen molar-refractivity contribution >= 4 is 21.4 Å². The first kappa shape index (κ1) is 13.1. The molecule has 0 aliphatic rings. The summed E-state index contributed by atoms with van der Waals surface area (Å²) in [6.07, 6.45) is 5.78. The first-order valence-corrected chi connectivity index (χ1v) is 5.31. The van der Waals surface area contributed by atoms with E-state index in [-0.39, 0.29) is 0 Å². The smallest absolute Gasteiger partial charge is 0.0925 e. The molecule has 78 valence electrons. The Labute approximate surface area is 88.9 Å². The van der Waals surface area contributed by atoms with Crippen LogP contribution < -0.4 is 0 Å². The van der Waals surface area contributed by atoms with Crippen molar-refractivity contribution in [3.63, 3.8) is 0 Å². The Morgan fingerprint density at radius 1 is 1.57 bits per heavy atom. The number of aromatic nitrogens is 2. The van der Waals surface area contributed by atoms with Crippen LogP contribution in [0.4, 0.5) is 0 Å². The molecule has 0 bridgehead atoms. The van der Waals surface area contributed by atoms with Gasteiger partial charge >= 0.3 is 0 Å². The molecule has 0 aromatic carbocycles. The summed E-state index contributed by atoms with van der Waals surface area (Å²) < 4.78 is 1.79. The molecule has 14 heavy (non-hydrogen) atoms. The van der Waals surface area contributed by atoms with E-state index in [0.29, 0.717) is 0 Å². The van der Waals surface area contributed by atoms with Crippen molar-refractivity contribution in [2.75, 3.05) is 0 Å². The van der Waals surface area contributed by atoms with Gasteiger partial charge in [-0.15, -0.1) is 9.24 Å². The minimum absolute atomic E-state index is 0.972. The van der Waals surface area contributed by atoms with Crippen LogP contribution in [-0.2, 0) is 7.05 Å². The Morgan fingerprint density at radius 3 is 2.57 bits per heavy atom. The summed E-state index contributed by atoms with van der Waals surface area (Å²) in [5, 5.41) is 5.44. The molecule has 1 aromatic rings. The van der Waals surface area contributed by atoms with Gasteiger partial charge in [-0.3, -0.25) is 4.68 Å². The molecule has 1 unspecified atom stereocenters. The number of allylic oxidation sites excluding steroid dienone is 1. The third kappa shape index (κ3) is 3.89. The highest BCUT2D eigenvalue weighted by atomic mass is 31.0. The lowest BCUT2D eigenvalue weighted by molar-refractivity contribution is 0.764. The third-order valence-electron chi connectivity index (χ3n) is 1.47. The summed E-state index contributed by atoms with van der Waals surface area (Å²) in [4.78, 5) is 0. The van der Waals surface area contributed by atoms with E-state index in [1.165, 1.54) is 0 Å². The maximum atomic E-state index is 4.28. The van der Waals surface area contributed by atoms with Gasteiger partial charge in [-0.2, -0.15) is 5.10 Å². The average molecular weight is 210 g/mol. The number of nitrogens with zero attached hydrogens (tertiary/aromatic N) is 2. The lowest BCUT2D eigenvalue weighted by Crippen LogP contribution is -1.86. The minimum atomic E-state index is 0.972. The second kappa shape index (κ2) is 6.56. The number of hydrogen-bond acceptors (Lipinski definition) is 1. The summed E-state index contributed by atoms with van der Waals surface area (Å²) in [5.41, 5.74) is 2.04. The number of aryl methyl sites for hydroxylation is 1. The lowest BCUT2D eigenvalue weighted by atomic mass is 10.2. The van der Waals surface area contributed by atoms with Crippen LogP contribution in [0.3, 0.4) is 0 Å². The van der Waals surface area contributed by atoms with E-state index in [9.17, 15) is 0 Å². The van der Waals surface area contributed by atoms with E-state index in [0.717, 1.165) is 16.6 Å². The maximum absolute atomic E-state index is 4.28. The van der Waals surface area contributed by atoms with E-state index in [4.69, 9.17) is 0 Å². The molecule has 0 N–H and O–H groups in total. The van der Waals surface area contributed by atoms with Crippen molar-refractivity contribution < 1.29 is 0 Å². The molecule has 1 rings (SSSR count). The summed E-state index contributed by atoms with van der Waals surface area (Å²) in [5.74, 6) is 0. The largest absolute Gasteiger partial charge is 0.275 e. The fraction of sp³-hybridized carbons (Fsp3) is 0.364. The first-order valence-electron chi connectivity index (χ1n) is 4.73. The van der Waals surface area contributed by atoms with E-state index >= 15 is 0 Å². The quantitative estimate of drug-likeness (QED) is 0.685. The second-order valence-corrected chi connectivity index (χ2v) is 3.65. The molecular weight excluding hydrogens is 191 g/mol. The Balaban J connectivity index is 0.000000791. The molecule has 3 heteroatoms. The zero-order valence-corrected chi connectivity index (χ0v) is 10.6. The SMILES string of the molecule is C=Cc1cn(C)nc1/C=C(\C)P.CC. The monoisotopic (exact) mass is 210 g/mol. The fourth-order valence-corrected chi connectivity index (χ4v) is 1.17. The summed E-state index contributed by atoms with van der Waals surface area (Å²) in [6, 6.07) is 0. The van der Waals surface area contributed by atoms with Gasteiger partial charge in [0.2, 0.25) is 0 Å². The topological polar surface area (TPSA) is 17.8 Å². The Hall–Kier alpha value is -0.880. The van der Waals surface area contributed by atoms with Crippen molar-refractivity contribution in [1.82, 2.24) is 9.78 Å². The summed E-state index contributed by atoms with van der Waals surface area (Å²) >= 11 is 0. The van der Waals surface area contributed by atoms with Crippen LogP contribution in [0.5, 0.6) is 0 Å². The summed E-state index contributed by atoms with van der Waals surface area (Å²) in [7, 11) is 4.54. The minimum Gasteiger partial charge on any atom is -0.275 e. The van der Waals surface area contributed by atoms with Gasteiger partial charge in [-0.25, -0.2) is 0 Å². The van der Waals surface area contributed by atoms with Gasteiger partial charge in [0.15, 0.2) is 0 Å². The van der Waals surface area contributed by atoms with Crippen molar-refractivity contribution in [1.29, 1.82) is 0 Å². The van der Waals surface area contributed by atoms with E-state index in [2.05, 4.69) is 20.9 Å². The molecule has 0 amide bonds. The van der Waals surface area contributed by atoms with Crippen molar-refractivity contribution in [2.24, 2.45) is 7.05 Å². The molecule has 0 aliphatic carbocycles. The molecule has 0 spiro atoms. The van der Waals surface area contributed by atoms with Crippen LogP contribution in [0.1, 0.15) is 32.0 Å². The normalized spacial score (nSPS) is 10.5. The van der Waals surface area contributed by atoms with Crippen LogP contribution in [0.15, 0.2) is 18.1 Å². The average Bonchev–Trinajstić information content (AvgIpc) is 2.48. The molecule has 1 aromatic heterocycles. The predicted octanol–water partition coefficient (Wildman–Crippen LogP) is 3.33. The zero-order chi connectivity index (χ0) is 11.1. The van der Waals surface area contributed by atoms with Crippen LogP contribution in [-0.4, -0.2) is 9.78 Å². The first-order chi connectivity index (χ1) is 6.63. The van der Waals surface area contributed by atoms with Crippen LogP contribution in [0, 0.1) is 0 Å². The standard InChI is InChI=1S/C9H13N2P.C2H6/c1-4-8-6-11(3)10-9(8)5-7(2)12;1-2/h4-6H,1,12H2,2-3H3;1-2H3/b7-5+;. The Kier molecular flexibility index (Phi) is 6.14. The van der Waals surface area contributed by atoms with Crippen LogP contribution in [0.2, 0.25) is 0 Å². The molecule has 2 nitrogen and oxygen atoms in total. The fourth-order valence-electron chi connectivity index (χ4n) is 1.01. The molecule has 0 fully saturated rings. The highest BCUT2D eigenvalue weighted by molar-refractivity contribution is 7.22. The highest BCUT2D eigenvalue weighted by Crippen LogP contribution is 2.14. The van der Waals surface area contributed by atoms with Gasteiger partial charge in [-0.1, -0.05) is 31.8 Å². The molecule has 0 saturated heterocycles. The lowest BCUT2D eigenvalue weighted by Gasteiger charge is -1.89. The van der Waals surface area contributed by atoms with Crippen molar-refractivity contribution in [3.8, 4) is 0 Å². The summed E-state index contributed by atoms with van der Waals surface area (Å²) in [6.45, 7) is 9.74. The third-order valence-corrected chi connectivity index (χ3v) is 1.64. The van der Waals surface area contributed by atoms with Gasteiger partial charge in [0.05, 0.1) is 5.69 Å². The van der Waals surface area contributed by atoms with Crippen LogP contribution in [0.25, 0.3) is 12.2 Å². The molecule has 0 aliphatic heterocycles. The van der Waals surface area contributed by atoms with Crippen molar-refractivity contribution in [3.05, 3.63) is 29.3 Å². The number of hydrogen-bond donors (Lipinski definition) is 0.